The number of amides is 4. The Morgan fingerprint density at radius 1 is 0.540 bits per heavy atom. The number of hydrogen-bond acceptors (Lipinski definition) is 9. The third kappa shape index (κ3) is 12.2. The van der Waals surface area contributed by atoms with Crippen molar-refractivity contribution in [3.05, 3.63) is 144 Å². The third-order valence-electron chi connectivity index (χ3n) is 7.28. The second kappa shape index (κ2) is 19.7. The normalized spacial score (nSPS) is 11.6. The van der Waals surface area contributed by atoms with Gasteiger partial charge in [-0.1, -0.05) is 121 Å². The van der Waals surface area contributed by atoms with Crippen LogP contribution in [0.15, 0.2) is 121 Å². The Bertz CT molecular complexity index is 1630. The number of aliphatic hydroxyl groups is 1. The van der Waals surface area contributed by atoms with Gasteiger partial charge in [0.15, 0.2) is 0 Å². The van der Waals surface area contributed by atoms with Crippen molar-refractivity contribution in [2.24, 2.45) is 0 Å². The molecule has 4 rings (SSSR count). The van der Waals surface area contributed by atoms with Crippen LogP contribution in [-0.4, -0.2) is 58.2 Å². The number of hydrazine groups is 2. The molecule has 13 nitrogen and oxygen atoms in total. The van der Waals surface area contributed by atoms with Crippen molar-refractivity contribution < 1.29 is 43.2 Å². The van der Waals surface area contributed by atoms with E-state index >= 15 is 0 Å². The highest BCUT2D eigenvalue weighted by atomic mass is 16.6. The van der Waals surface area contributed by atoms with Gasteiger partial charge in [-0.15, -0.1) is 0 Å². The lowest BCUT2D eigenvalue weighted by molar-refractivity contribution is 0.0127. The van der Waals surface area contributed by atoms with Crippen molar-refractivity contribution in [2.45, 2.75) is 51.9 Å². The SMILES string of the molecule is C[C@H](C[C@H](CO)N(NC(=O)OCc1ccccc1)C(=O)OCc1ccccc1)N(NC(=O)OCc1ccccc1)C(=O)OCc1ccccc1. The summed E-state index contributed by atoms with van der Waals surface area (Å²) in [5.74, 6) is 0. The van der Waals surface area contributed by atoms with Gasteiger partial charge in [-0.25, -0.2) is 40.0 Å². The standard InChI is InChI=1S/C37H40N4O9/c1-28(40(36(45)49-26-31-18-10-4-11-19-31)38-34(43)47-24-29-14-6-2-7-15-29)22-33(23-42)41(37(46)50-27-32-20-12-5-13-21-32)39-35(44)48-25-30-16-8-3-9-17-30/h2-21,28,33,42H,22-27H2,1H3,(H,38,43)(H,39,44)/t28-,33-/m1/s1. The molecule has 0 fully saturated rings. The highest BCUT2D eigenvalue weighted by Gasteiger charge is 2.33. The molecule has 4 aromatic carbocycles. The lowest BCUT2D eigenvalue weighted by Gasteiger charge is -2.34. The second-order valence-corrected chi connectivity index (χ2v) is 11.1. The molecule has 0 radical (unpaired) electrons. The smallest absolute Gasteiger partial charge is 0.429 e. The molecule has 0 saturated heterocycles. The number of aliphatic hydroxyl groups excluding tert-OH is 1. The van der Waals surface area contributed by atoms with Crippen molar-refractivity contribution in [1.29, 1.82) is 0 Å². The van der Waals surface area contributed by atoms with Crippen LogP contribution < -0.4 is 10.9 Å². The Morgan fingerprint density at radius 2 is 0.860 bits per heavy atom. The maximum Gasteiger partial charge on any atom is 0.429 e. The van der Waals surface area contributed by atoms with E-state index in [-0.39, 0.29) is 32.8 Å². The van der Waals surface area contributed by atoms with Crippen LogP contribution in [0.25, 0.3) is 0 Å². The minimum Gasteiger partial charge on any atom is -0.443 e. The predicted molar refractivity (Wildman–Crippen MR) is 181 cm³/mol. The number of rotatable bonds is 13. The average molecular weight is 685 g/mol. The summed E-state index contributed by atoms with van der Waals surface area (Å²) >= 11 is 0. The highest BCUT2D eigenvalue weighted by molar-refractivity contribution is 5.75. The van der Waals surface area contributed by atoms with Gasteiger partial charge in [-0.3, -0.25) is 0 Å². The molecular formula is C37H40N4O9. The van der Waals surface area contributed by atoms with E-state index in [1.54, 1.807) is 104 Å². The van der Waals surface area contributed by atoms with Crippen LogP contribution in [-0.2, 0) is 45.4 Å². The van der Waals surface area contributed by atoms with Crippen molar-refractivity contribution in [3.63, 3.8) is 0 Å². The minimum atomic E-state index is -1.16. The van der Waals surface area contributed by atoms with E-state index < -0.39 is 43.1 Å². The lowest BCUT2D eigenvalue weighted by atomic mass is 10.1. The number of hydrogen-bond donors (Lipinski definition) is 3. The summed E-state index contributed by atoms with van der Waals surface area (Å²) < 4.78 is 21.6. The van der Waals surface area contributed by atoms with Crippen LogP contribution in [0.4, 0.5) is 19.2 Å². The molecule has 13 heteroatoms. The largest absolute Gasteiger partial charge is 0.443 e. The molecule has 0 aliphatic rings. The van der Waals surface area contributed by atoms with Crippen LogP contribution in [0, 0.1) is 0 Å². The maximum atomic E-state index is 13.4. The van der Waals surface area contributed by atoms with E-state index in [0.29, 0.717) is 16.7 Å². The van der Waals surface area contributed by atoms with Gasteiger partial charge in [0.2, 0.25) is 0 Å². The number of ether oxygens (including phenoxy) is 4. The molecule has 0 heterocycles. The Labute approximate surface area is 290 Å². The summed E-state index contributed by atoms with van der Waals surface area (Å²) in [5.41, 5.74) is 7.61. The van der Waals surface area contributed by atoms with Gasteiger partial charge in [0, 0.05) is 0 Å². The fourth-order valence-electron chi connectivity index (χ4n) is 4.67. The van der Waals surface area contributed by atoms with Crippen molar-refractivity contribution in [2.75, 3.05) is 6.61 Å². The predicted octanol–water partition coefficient (Wildman–Crippen LogP) is 6.09. The molecule has 0 aliphatic heterocycles. The van der Waals surface area contributed by atoms with E-state index in [1.807, 2.05) is 24.3 Å². The molecule has 0 aromatic heterocycles. The van der Waals surface area contributed by atoms with Gasteiger partial charge < -0.3 is 24.1 Å². The van der Waals surface area contributed by atoms with Gasteiger partial charge in [0.1, 0.15) is 26.4 Å². The van der Waals surface area contributed by atoms with E-state index in [1.165, 1.54) is 0 Å². The van der Waals surface area contributed by atoms with Gasteiger partial charge in [0.25, 0.3) is 0 Å². The molecule has 0 bridgehead atoms. The fourth-order valence-corrected chi connectivity index (χ4v) is 4.67. The molecule has 3 N–H and O–H groups in total. The summed E-state index contributed by atoms with van der Waals surface area (Å²) in [7, 11) is 0. The molecule has 0 spiro atoms. The van der Waals surface area contributed by atoms with Gasteiger partial charge >= 0.3 is 24.4 Å². The van der Waals surface area contributed by atoms with Crippen LogP contribution in [0.1, 0.15) is 35.6 Å². The maximum absolute atomic E-state index is 13.4. The first-order valence-electron chi connectivity index (χ1n) is 15.9. The van der Waals surface area contributed by atoms with Crippen LogP contribution in [0.2, 0.25) is 0 Å². The van der Waals surface area contributed by atoms with E-state index in [9.17, 15) is 24.3 Å². The summed E-state index contributed by atoms with van der Waals surface area (Å²) in [6.07, 6.45) is -4.03. The first-order valence-corrected chi connectivity index (χ1v) is 15.9. The summed E-state index contributed by atoms with van der Waals surface area (Å²) in [6, 6.07) is 33.6. The van der Waals surface area contributed by atoms with Crippen molar-refractivity contribution >= 4 is 24.4 Å². The quantitative estimate of drug-likeness (QED) is 0.112. The molecule has 50 heavy (non-hydrogen) atoms. The summed E-state index contributed by atoms with van der Waals surface area (Å²) in [6.45, 7) is 0.510. The Hall–Kier alpha value is -6.08. The Morgan fingerprint density at radius 3 is 1.22 bits per heavy atom. The van der Waals surface area contributed by atoms with Crippen LogP contribution in [0.5, 0.6) is 0 Å². The van der Waals surface area contributed by atoms with Crippen molar-refractivity contribution in [3.8, 4) is 0 Å². The number of nitrogens with one attached hydrogen (secondary N) is 2. The number of nitrogens with zero attached hydrogens (tertiary/aromatic N) is 2. The summed E-state index contributed by atoms with van der Waals surface area (Å²) in [4.78, 5) is 52.5. The fraction of sp³-hybridized carbons (Fsp3) is 0.243. The first-order chi connectivity index (χ1) is 24.3. The highest BCUT2D eigenvalue weighted by Crippen LogP contribution is 2.15. The van der Waals surface area contributed by atoms with E-state index in [2.05, 4.69) is 10.9 Å². The number of carbonyl (C=O) groups is 4. The molecule has 0 saturated carbocycles. The van der Waals surface area contributed by atoms with Gasteiger partial charge in [-0.05, 0) is 35.6 Å². The Kier molecular flexibility index (Phi) is 14.5. The zero-order valence-corrected chi connectivity index (χ0v) is 27.6. The topological polar surface area (TPSA) is 156 Å². The molecule has 2 atom stereocenters. The Balaban J connectivity index is 1.49. The van der Waals surface area contributed by atoms with Gasteiger partial charge in [-0.2, -0.15) is 0 Å². The second-order valence-electron chi connectivity index (χ2n) is 11.1. The minimum absolute atomic E-state index is 0.0662. The average Bonchev–Trinajstić information content (AvgIpc) is 3.16. The van der Waals surface area contributed by atoms with E-state index in [0.717, 1.165) is 15.6 Å². The zero-order chi connectivity index (χ0) is 35.6. The molecule has 4 aromatic rings. The first kappa shape index (κ1) is 36.8. The lowest BCUT2D eigenvalue weighted by Crippen LogP contribution is -2.57. The molecular weight excluding hydrogens is 644 g/mol. The monoisotopic (exact) mass is 684 g/mol. The van der Waals surface area contributed by atoms with Crippen LogP contribution in [0.3, 0.4) is 0 Å². The van der Waals surface area contributed by atoms with Gasteiger partial charge in [0.05, 0.1) is 18.7 Å². The number of carbonyl (C=O) groups excluding carboxylic acids is 4. The zero-order valence-electron chi connectivity index (χ0n) is 27.6. The molecule has 0 aliphatic carbocycles. The third-order valence-corrected chi connectivity index (χ3v) is 7.28. The van der Waals surface area contributed by atoms with E-state index in [4.69, 9.17) is 18.9 Å². The number of benzene rings is 4. The van der Waals surface area contributed by atoms with Crippen molar-refractivity contribution in [1.82, 2.24) is 20.9 Å². The molecule has 0 unspecified atom stereocenters. The van der Waals surface area contributed by atoms with Crippen LogP contribution >= 0.6 is 0 Å². The molecule has 262 valence electrons. The summed E-state index contributed by atoms with van der Waals surface area (Å²) in [5, 5.41) is 12.2. The molecule has 4 amide bonds.